The molecule has 0 fully saturated rings. The molecule has 2 unspecified atom stereocenters. The normalized spacial score (nSPS) is 17.3. The number of hydrogen-bond acceptors (Lipinski definition) is 5. The summed E-state index contributed by atoms with van der Waals surface area (Å²) in [6.07, 6.45) is 1.08. The summed E-state index contributed by atoms with van der Waals surface area (Å²) in [7, 11) is 0. The molecule has 0 bridgehead atoms. The van der Waals surface area contributed by atoms with Crippen molar-refractivity contribution in [3.63, 3.8) is 0 Å². The predicted molar refractivity (Wildman–Crippen MR) is 143 cm³/mol. The highest BCUT2D eigenvalue weighted by Gasteiger charge is 2.42. The van der Waals surface area contributed by atoms with E-state index in [4.69, 9.17) is 16.6 Å². The average Bonchev–Trinajstić information content (AvgIpc) is 3.19. The van der Waals surface area contributed by atoms with Gasteiger partial charge in [-0.05, 0) is 42.3 Å². The molecule has 2 amide bonds. The van der Waals surface area contributed by atoms with E-state index < -0.39 is 11.3 Å². The molecule has 0 aliphatic carbocycles. The van der Waals surface area contributed by atoms with Gasteiger partial charge in [-0.25, -0.2) is 4.99 Å². The van der Waals surface area contributed by atoms with Crippen molar-refractivity contribution in [3.8, 4) is 0 Å². The third kappa shape index (κ3) is 4.88. The van der Waals surface area contributed by atoms with E-state index >= 15 is 0 Å². The fraction of sp³-hybridized carbons (Fsp3) is 0.185. The summed E-state index contributed by atoms with van der Waals surface area (Å²) in [6, 6.07) is 24.1. The Bertz CT molecular complexity index is 1340. The van der Waals surface area contributed by atoms with Gasteiger partial charge in [0.15, 0.2) is 5.17 Å². The highest BCUT2D eigenvalue weighted by molar-refractivity contribution is 8.15. The second kappa shape index (κ2) is 10.1. The minimum atomic E-state index is -0.513. The Kier molecular flexibility index (Phi) is 6.70. The number of amides is 2. The highest BCUT2D eigenvalue weighted by atomic mass is 35.5. The van der Waals surface area contributed by atoms with Crippen LogP contribution in [0.5, 0.6) is 0 Å². The zero-order valence-corrected chi connectivity index (χ0v) is 20.6. The van der Waals surface area contributed by atoms with Gasteiger partial charge in [0, 0.05) is 22.7 Å². The van der Waals surface area contributed by atoms with E-state index in [-0.39, 0.29) is 11.8 Å². The lowest BCUT2D eigenvalue weighted by molar-refractivity contribution is -0.119. The summed E-state index contributed by atoms with van der Waals surface area (Å²) in [5.74, 6) is 0.240. The van der Waals surface area contributed by atoms with Crippen molar-refractivity contribution in [2.45, 2.75) is 31.1 Å². The molecule has 0 saturated carbocycles. The van der Waals surface area contributed by atoms with Crippen LogP contribution in [0.1, 0.15) is 24.5 Å². The van der Waals surface area contributed by atoms with Gasteiger partial charge in [-0.3, -0.25) is 14.5 Å². The predicted octanol–water partition coefficient (Wildman–Crippen LogP) is 5.69. The number of nitrogens with one attached hydrogen (secondary N) is 1. The number of carbonyl (C=O) groups excluding carboxylic acids is 2. The number of aliphatic imine (C=N–C) groups is 2. The molecule has 8 heteroatoms. The van der Waals surface area contributed by atoms with Gasteiger partial charge in [-0.15, -0.1) is 0 Å². The summed E-state index contributed by atoms with van der Waals surface area (Å²) in [6.45, 7) is 1.96. The summed E-state index contributed by atoms with van der Waals surface area (Å²) >= 11 is 7.43. The van der Waals surface area contributed by atoms with E-state index in [1.54, 1.807) is 24.3 Å². The van der Waals surface area contributed by atoms with Crippen molar-refractivity contribution in [2.24, 2.45) is 9.98 Å². The maximum absolute atomic E-state index is 13.2. The van der Waals surface area contributed by atoms with E-state index in [0.29, 0.717) is 34.6 Å². The zero-order valence-electron chi connectivity index (χ0n) is 19.0. The van der Waals surface area contributed by atoms with Gasteiger partial charge in [-0.2, -0.15) is 4.99 Å². The Labute approximate surface area is 213 Å². The number of anilines is 1. The lowest BCUT2D eigenvalue weighted by atomic mass is 10.0. The molecule has 35 heavy (non-hydrogen) atoms. The Hall–Kier alpha value is -3.42. The number of amidine groups is 2. The first-order valence-electron chi connectivity index (χ1n) is 11.4. The van der Waals surface area contributed by atoms with Crippen LogP contribution in [0.2, 0.25) is 5.02 Å². The van der Waals surface area contributed by atoms with Crippen molar-refractivity contribution in [1.82, 2.24) is 4.90 Å². The van der Waals surface area contributed by atoms with Crippen molar-refractivity contribution in [1.29, 1.82) is 0 Å². The van der Waals surface area contributed by atoms with Crippen LogP contribution in [-0.4, -0.2) is 39.0 Å². The van der Waals surface area contributed by atoms with Crippen molar-refractivity contribution in [3.05, 3.63) is 95.0 Å². The van der Waals surface area contributed by atoms with Gasteiger partial charge in [0.1, 0.15) is 11.9 Å². The SMILES string of the molecule is CCC(SC1=Nc2ccccc2C2=NC(=O)C(Cc3ccccc3)N12)C(=O)Nc1cccc(Cl)c1. The lowest BCUT2D eigenvalue weighted by Crippen LogP contribution is -2.45. The minimum Gasteiger partial charge on any atom is -0.325 e. The largest absolute Gasteiger partial charge is 0.325 e. The quantitative estimate of drug-likeness (QED) is 0.469. The van der Waals surface area contributed by atoms with Gasteiger partial charge in [-0.1, -0.05) is 78.8 Å². The van der Waals surface area contributed by atoms with E-state index in [9.17, 15) is 9.59 Å². The third-order valence-electron chi connectivity index (χ3n) is 5.88. The molecule has 6 nitrogen and oxygen atoms in total. The Balaban J connectivity index is 1.45. The Morgan fingerprint density at radius 2 is 1.83 bits per heavy atom. The molecule has 0 radical (unpaired) electrons. The summed E-state index contributed by atoms with van der Waals surface area (Å²) < 4.78 is 0. The number of rotatable bonds is 6. The van der Waals surface area contributed by atoms with Crippen LogP contribution in [0.4, 0.5) is 11.4 Å². The van der Waals surface area contributed by atoms with Crippen LogP contribution in [0, 0.1) is 0 Å². The average molecular weight is 503 g/mol. The number of carbonyl (C=O) groups is 2. The number of benzene rings is 3. The molecule has 2 atom stereocenters. The monoisotopic (exact) mass is 502 g/mol. The van der Waals surface area contributed by atoms with E-state index in [0.717, 1.165) is 16.8 Å². The minimum absolute atomic E-state index is 0.148. The zero-order chi connectivity index (χ0) is 24.4. The number of nitrogens with zero attached hydrogens (tertiary/aromatic N) is 3. The maximum atomic E-state index is 13.2. The molecular formula is C27H23ClN4O2S. The summed E-state index contributed by atoms with van der Waals surface area (Å²) in [4.78, 5) is 37.4. The molecular weight excluding hydrogens is 480 g/mol. The molecule has 3 aromatic carbocycles. The number of thioether (sulfide) groups is 1. The first-order chi connectivity index (χ1) is 17.0. The fourth-order valence-electron chi connectivity index (χ4n) is 4.16. The van der Waals surface area contributed by atoms with Gasteiger partial charge < -0.3 is 5.32 Å². The van der Waals surface area contributed by atoms with Gasteiger partial charge >= 0.3 is 0 Å². The Morgan fingerprint density at radius 1 is 1.06 bits per heavy atom. The highest BCUT2D eigenvalue weighted by Crippen LogP contribution is 2.36. The molecule has 0 aromatic heterocycles. The van der Waals surface area contributed by atoms with Crippen LogP contribution in [0.15, 0.2) is 88.8 Å². The molecule has 0 saturated heterocycles. The van der Waals surface area contributed by atoms with Crippen molar-refractivity contribution in [2.75, 3.05) is 5.32 Å². The number of hydrogen-bond donors (Lipinski definition) is 1. The molecule has 3 aromatic rings. The standard InChI is InChI=1S/C27H23ClN4O2S/c1-2-23(26(34)29-19-12-8-11-18(28)16-19)35-27-30-21-14-7-6-13-20(21)24-31-25(33)22(32(24)27)15-17-9-4-3-5-10-17/h3-14,16,22-23H,2,15H2,1H3,(H,29,34). The fourth-order valence-corrected chi connectivity index (χ4v) is 5.42. The lowest BCUT2D eigenvalue weighted by Gasteiger charge is -2.32. The molecule has 2 heterocycles. The Morgan fingerprint density at radius 3 is 2.60 bits per heavy atom. The maximum Gasteiger partial charge on any atom is 0.271 e. The van der Waals surface area contributed by atoms with Gasteiger partial charge in [0.05, 0.1) is 10.9 Å². The van der Waals surface area contributed by atoms with Crippen LogP contribution < -0.4 is 5.32 Å². The first-order valence-corrected chi connectivity index (χ1v) is 12.7. The van der Waals surface area contributed by atoms with Gasteiger partial charge in [0.2, 0.25) is 5.91 Å². The smallest absolute Gasteiger partial charge is 0.271 e. The van der Waals surface area contributed by atoms with Crippen LogP contribution in [0.25, 0.3) is 0 Å². The first kappa shape index (κ1) is 23.3. The van der Waals surface area contributed by atoms with E-state index in [1.807, 2.05) is 66.4 Å². The molecule has 176 valence electrons. The number of fused-ring (bicyclic) bond motifs is 3. The topological polar surface area (TPSA) is 74.1 Å². The van der Waals surface area contributed by atoms with E-state index in [2.05, 4.69) is 10.3 Å². The van der Waals surface area contributed by atoms with Crippen LogP contribution in [-0.2, 0) is 16.0 Å². The van der Waals surface area contributed by atoms with Crippen LogP contribution in [0.3, 0.4) is 0 Å². The molecule has 0 spiro atoms. The number of halogens is 1. The van der Waals surface area contributed by atoms with Crippen LogP contribution >= 0.6 is 23.4 Å². The van der Waals surface area contributed by atoms with Crippen molar-refractivity contribution >= 4 is 57.6 Å². The molecule has 1 N–H and O–H groups in total. The third-order valence-corrected chi connectivity index (χ3v) is 7.45. The number of para-hydroxylation sites is 1. The summed E-state index contributed by atoms with van der Waals surface area (Å²) in [5.41, 5.74) is 3.23. The molecule has 2 aliphatic heterocycles. The molecule has 5 rings (SSSR count). The van der Waals surface area contributed by atoms with Crippen molar-refractivity contribution < 1.29 is 9.59 Å². The molecule has 2 aliphatic rings. The second-order valence-electron chi connectivity index (χ2n) is 8.28. The van der Waals surface area contributed by atoms with Gasteiger partial charge in [0.25, 0.3) is 5.91 Å². The second-order valence-corrected chi connectivity index (χ2v) is 9.88. The summed E-state index contributed by atoms with van der Waals surface area (Å²) in [5, 5.41) is 3.68. The van der Waals surface area contributed by atoms with E-state index in [1.165, 1.54) is 11.8 Å².